The zero-order valence-corrected chi connectivity index (χ0v) is 8.25. The minimum Gasteiger partial charge on any atom is -0.362 e. The smallest absolute Gasteiger partial charge is 0.0610 e. The molecule has 0 amide bonds. The maximum absolute atomic E-state index is 5.21. The van der Waals surface area contributed by atoms with Crippen LogP contribution in [0.3, 0.4) is 0 Å². The topological polar surface area (TPSA) is 9.23 Å². The molecule has 0 spiro atoms. The predicted octanol–water partition coefficient (Wildman–Crippen LogP) is 3.15. The lowest BCUT2D eigenvalue weighted by Crippen LogP contribution is -2.06. The highest BCUT2D eigenvalue weighted by atomic mass is 31.0. The van der Waals surface area contributed by atoms with Crippen molar-refractivity contribution in [1.29, 1.82) is 0 Å². The van der Waals surface area contributed by atoms with Crippen LogP contribution in [0.4, 0.5) is 0 Å². The number of hydrogen-bond donors (Lipinski definition) is 0. The van der Waals surface area contributed by atoms with Crippen LogP contribution in [0.1, 0.15) is 46.0 Å². The third-order valence-corrected chi connectivity index (χ3v) is 2.07. The van der Waals surface area contributed by atoms with Crippen molar-refractivity contribution >= 4 is 9.47 Å². The first kappa shape index (κ1) is 10.4. The first-order valence-electron chi connectivity index (χ1n) is 4.20. The molecule has 0 aromatic rings. The Hall–Kier alpha value is 0.390. The molecule has 2 heteroatoms. The van der Waals surface area contributed by atoms with Gasteiger partial charge in [0, 0.05) is 9.47 Å². The van der Waals surface area contributed by atoms with Gasteiger partial charge in [-0.05, 0) is 12.8 Å². The Bertz CT molecular complexity index is 66.3. The zero-order chi connectivity index (χ0) is 7.82. The van der Waals surface area contributed by atoms with Gasteiger partial charge in [0.2, 0.25) is 0 Å². The molecule has 0 radical (unpaired) electrons. The zero-order valence-electron chi connectivity index (χ0n) is 7.10. The Labute approximate surface area is 66.8 Å². The van der Waals surface area contributed by atoms with Crippen molar-refractivity contribution in [2.75, 3.05) is 0 Å². The molecule has 0 N–H and O–H groups in total. The van der Waals surface area contributed by atoms with E-state index in [0.29, 0.717) is 6.10 Å². The molecule has 0 aromatic heterocycles. The molecule has 2 atom stereocenters. The monoisotopic (exact) mass is 162 g/mol. The molecule has 0 aliphatic carbocycles. The van der Waals surface area contributed by atoms with E-state index in [0.717, 1.165) is 0 Å². The Morgan fingerprint density at radius 3 is 2.30 bits per heavy atom. The van der Waals surface area contributed by atoms with Gasteiger partial charge in [0.05, 0.1) is 6.10 Å². The maximum Gasteiger partial charge on any atom is 0.0610 e. The van der Waals surface area contributed by atoms with Gasteiger partial charge in [0.15, 0.2) is 0 Å². The lowest BCUT2D eigenvalue weighted by Gasteiger charge is -2.12. The summed E-state index contributed by atoms with van der Waals surface area (Å²) in [5, 5.41) is 0. The summed E-state index contributed by atoms with van der Waals surface area (Å²) >= 11 is 0. The van der Waals surface area contributed by atoms with Gasteiger partial charge in [-0.3, -0.25) is 0 Å². The summed E-state index contributed by atoms with van der Waals surface area (Å²) in [6.45, 7) is 4.41. The lowest BCUT2D eigenvalue weighted by atomic mass is 10.1. The number of unbranched alkanes of at least 4 members (excludes halogenated alkanes) is 1. The Kier molecular flexibility index (Phi) is 7.79. The van der Waals surface area contributed by atoms with Crippen LogP contribution >= 0.6 is 9.47 Å². The molecule has 0 rings (SSSR count). The summed E-state index contributed by atoms with van der Waals surface area (Å²) in [6, 6.07) is 0. The van der Waals surface area contributed by atoms with Crippen molar-refractivity contribution in [2.45, 2.75) is 52.1 Å². The lowest BCUT2D eigenvalue weighted by molar-refractivity contribution is 0.209. The van der Waals surface area contributed by atoms with E-state index < -0.39 is 0 Å². The molecular formula is C8H19OP. The summed E-state index contributed by atoms with van der Waals surface area (Å²) in [4.78, 5) is 0. The van der Waals surface area contributed by atoms with Gasteiger partial charge in [0.1, 0.15) is 0 Å². The van der Waals surface area contributed by atoms with Crippen LogP contribution in [0.25, 0.3) is 0 Å². The van der Waals surface area contributed by atoms with Gasteiger partial charge in [-0.15, -0.1) is 0 Å². The highest BCUT2D eigenvalue weighted by molar-refractivity contribution is 7.09. The van der Waals surface area contributed by atoms with E-state index in [9.17, 15) is 0 Å². The van der Waals surface area contributed by atoms with Crippen LogP contribution in [0, 0.1) is 0 Å². The van der Waals surface area contributed by atoms with Crippen molar-refractivity contribution in [3.05, 3.63) is 0 Å². The van der Waals surface area contributed by atoms with Crippen molar-refractivity contribution in [3.63, 3.8) is 0 Å². The standard InChI is InChI=1S/C8H19OP/c1-3-5-7-8(9-10)6-4-2/h8H,3-7,10H2,1-2H3. The highest BCUT2D eigenvalue weighted by Gasteiger charge is 2.03. The molecule has 0 aromatic carbocycles. The van der Waals surface area contributed by atoms with Crippen LogP contribution < -0.4 is 0 Å². The van der Waals surface area contributed by atoms with Gasteiger partial charge in [0.25, 0.3) is 0 Å². The molecule has 0 bridgehead atoms. The van der Waals surface area contributed by atoms with Crippen LogP contribution in [0.5, 0.6) is 0 Å². The van der Waals surface area contributed by atoms with Crippen molar-refractivity contribution < 1.29 is 4.52 Å². The summed E-state index contributed by atoms with van der Waals surface area (Å²) in [5.41, 5.74) is 0. The molecule has 10 heavy (non-hydrogen) atoms. The first-order valence-corrected chi connectivity index (χ1v) is 4.67. The van der Waals surface area contributed by atoms with E-state index >= 15 is 0 Å². The number of rotatable bonds is 6. The molecule has 2 unspecified atom stereocenters. The Morgan fingerprint density at radius 1 is 1.20 bits per heavy atom. The average molecular weight is 162 g/mol. The summed E-state index contributed by atoms with van der Waals surface area (Å²) in [7, 11) is 2.36. The molecule has 0 fully saturated rings. The largest absolute Gasteiger partial charge is 0.362 e. The SMILES string of the molecule is CCCCC(CCC)OP. The van der Waals surface area contributed by atoms with Crippen molar-refractivity contribution in [2.24, 2.45) is 0 Å². The van der Waals surface area contributed by atoms with Crippen LogP contribution in [-0.2, 0) is 4.52 Å². The minimum atomic E-state index is 0.481. The summed E-state index contributed by atoms with van der Waals surface area (Å²) < 4.78 is 5.21. The molecule has 1 nitrogen and oxygen atoms in total. The van der Waals surface area contributed by atoms with Gasteiger partial charge in [-0.2, -0.15) is 0 Å². The third kappa shape index (κ3) is 5.20. The summed E-state index contributed by atoms with van der Waals surface area (Å²) in [5.74, 6) is 0. The Balaban J connectivity index is 3.21. The molecule has 0 saturated heterocycles. The molecular weight excluding hydrogens is 143 g/mol. The average Bonchev–Trinajstić information content (AvgIpc) is 1.98. The molecule has 0 saturated carbocycles. The fourth-order valence-electron chi connectivity index (χ4n) is 1.03. The van der Waals surface area contributed by atoms with Crippen molar-refractivity contribution in [3.8, 4) is 0 Å². The second-order valence-electron chi connectivity index (χ2n) is 2.69. The quantitative estimate of drug-likeness (QED) is 0.545. The van der Waals surface area contributed by atoms with Gasteiger partial charge >= 0.3 is 0 Å². The van der Waals surface area contributed by atoms with E-state index in [1.54, 1.807) is 0 Å². The second kappa shape index (κ2) is 7.50. The minimum absolute atomic E-state index is 0.481. The fraction of sp³-hybridized carbons (Fsp3) is 1.00. The second-order valence-corrected chi connectivity index (χ2v) is 2.96. The summed E-state index contributed by atoms with van der Waals surface area (Å²) in [6.07, 6.45) is 6.68. The van der Waals surface area contributed by atoms with E-state index in [4.69, 9.17) is 4.52 Å². The Morgan fingerprint density at radius 2 is 1.90 bits per heavy atom. The number of hydrogen-bond acceptors (Lipinski definition) is 1. The molecule has 0 aliphatic rings. The van der Waals surface area contributed by atoms with E-state index in [-0.39, 0.29) is 0 Å². The van der Waals surface area contributed by atoms with Crippen LogP contribution in [0.2, 0.25) is 0 Å². The van der Waals surface area contributed by atoms with E-state index in [2.05, 4.69) is 23.3 Å². The highest BCUT2D eigenvalue weighted by Crippen LogP contribution is 2.12. The predicted molar refractivity (Wildman–Crippen MR) is 49.0 cm³/mol. The van der Waals surface area contributed by atoms with Gasteiger partial charge in [-0.1, -0.05) is 33.1 Å². The first-order chi connectivity index (χ1) is 4.85. The maximum atomic E-state index is 5.21. The van der Waals surface area contributed by atoms with E-state index in [1.807, 2.05) is 0 Å². The van der Waals surface area contributed by atoms with Crippen LogP contribution in [-0.4, -0.2) is 6.10 Å². The molecule has 0 heterocycles. The van der Waals surface area contributed by atoms with E-state index in [1.165, 1.54) is 32.1 Å². The molecule has 62 valence electrons. The van der Waals surface area contributed by atoms with Crippen LogP contribution in [0.15, 0.2) is 0 Å². The van der Waals surface area contributed by atoms with Gasteiger partial charge in [-0.25, -0.2) is 0 Å². The van der Waals surface area contributed by atoms with Crippen molar-refractivity contribution in [1.82, 2.24) is 0 Å². The van der Waals surface area contributed by atoms with Gasteiger partial charge < -0.3 is 4.52 Å². The normalized spacial score (nSPS) is 13.5. The fourth-order valence-corrected chi connectivity index (χ4v) is 1.31. The molecule has 0 aliphatic heterocycles. The third-order valence-electron chi connectivity index (χ3n) is 1.68.